The minimum Gasteiger partial charge on any atom is -0.502 e. The number of nitrogens with zero attached hydrogens (tertiary/aromatic N) is 2. The fourth-order valence-corrected chi connectivity index (χ4v) is 4.22. The lowest BCUT2D eigenvalue weighted by Crippen LogP contribution is -2.66. The first-order chi connectivity index (χ1) is 10.7. The number of hydrogen-bond donors (Lipinski definition) is 1. The lowest BCUT2D eigenvalue weighted by molar-refractivity contribution is -0.385. The molecule has 23 heavy (non-hydrogen) atoms. The molecule has 2 aliphatic rings. The van der Waals surface area contributed by atoms with Crippen LogP contribution in [0.25, 0.3) is 0 Å². The van der Waals surface area contributed by atoms with Crippen molar-refractivity contribution in [2.45, 2.75) is 32.4 Å². The van der Waals surface area contributed by atoms with Gasteiger partial charge in [0.05, 0.1) is 11.0 Å². The summed E-state index contributed by atoms with van der Waals surface area (Å²) in [6.07, 6.45) is 1.09. The van der Waals surface area contributed by atoms with Crippen molar-refractivity contribution >= 4 is 11.6 Å². The highest BCUT2D eigenvalue weighted by Crippen LogP contribution is 2.54. The first-order valence-corrected chi connectivity index (χ1v) is 7.61. The zero-order chi connectivity index (χ0) is 16.9. The van der Waals surface area contributed by atoms with Crippen LogP contribution in [0.4, 0.5) is 5.69 Å². The van der Waals surface area contributed by atoms with Crippen molar-refractivity contribution in [2.24, 2.45) is 11.3 Å². The number of carbonyl (C=O) groups is 1. The number of nitro benzene ring substituents is 1. The van der Waals surface area contributed by atoms with E-state index in [0.717, 1.165) is 12.5 Å². The maximum Gasteiger partial charge on any atom is 0.311 e. The van der Waals surface area contributed by atoms with Gasteiger partial charge in [-0.3, -0.25) is 14.9 Å². The maximum atomic E-state index is 12.7. The van der Waals surface area contributed by atoms with Gasteiger partial charge in [-0.25, -0.2) is 0 Å². The predicted octanol–water partition coefficient (Wildman–Crippen LogP) is 2.19. The van der Waals surface area contributed by atoms with Crippen LogP contribution in [0.2, 0.25) is 0 Å². The number of phenolic OH excluding ortho intramolecular Hbond substituents is 1. The number of phenols is 1. The summed E-state index contributed by atoms with van der Waals surface area (Å²) in [6.45, 7) is 4.86. The summed E-state index contributed by atoms with van der Waals surface area (Å²) in [5.41, 5.74) is -0.400. The summed E-state index contributed by atoms with van der Waals surface area (Å²) in [5.74, 6) is -0.412. The van der Waals surface area contributed by atoms with E-state index in [2.05, 4.69) is 13.8 Å². The topological polar surface area (TPSA) is 92.9 Å². The standard InChI is InChI=1S/C16H20N2O5/c1-16(2)13(10-6-7-23-14(10)16)17(3)15(20)9-4-5-12(19)11(8-9)18(21)22/h4-5,8,10,13-14,19H,6-7H2,1-3H3/t10-,13+,14+/m0/s1. The first-order valence-electron chi connectivity index (χ1n) is 7.61. The minimum absolute atomic E-state index is 0.0374. The van der Waals surface area contributed by atoms with Gasteiger partial charge in [0.2, 0.25) is 0 Å². The Labute approximate surface area is 134 Å². The van der Waals surface area contributed by atoms with Crippen LogP contribution < -0.4 is 0 Å². The number of aromatic hydroxyl groups is 1. The second-order valence-electron chi connectivity index (χ2n) is 6.89. The van der Waals surface area contributed by atoms with Gasteiger partial charge in [0.1, 0.15) is 0 Å². The van der Waals surface area contributed by atoms with E-state index in [-0.39, 0.29) is 29.0 Å². The summed E-state index contributed by atoms with van der Waals surface area (Å²) < 4.78 is 5.74. The monoisotopic (exact) mass is 320 g/mol. The zero-order valence-corrected chi connectivity index (χ0v) is 13.4. The molecular weight excluding hydrogens is 300 g/mol. The Balaban J connectivity index is 1.86. The third-order valence-corrected chi connectivity index (χ3v) is 5.20. The highest BCUT2D eigenvalue weighted by atomic mass is 16.6. The second-order valence-corrected chi connectivity index (χ2v) is 6.89. The van der Waals surface area contributed by atoms with E-state index in [1.54, 1.807) is 11.9 Å². The van der Waals surface area contributed by atoms with Gasteiger partial charge in [-0.1, -0.05) is 13.8 Å². The average Bonchev–Trinajstić information content (AvgIpc) is 2.92. The molecule has 3 atom stereocenters. The molecule has 1 aliphatic carbocycles. The minimum atomic E-state index is -0.694. The van der Waals surface area contributed by atoms with Crippen LogP contribution in [0.5, 0.6) is 5.75 Å². The number of carbonyl (C=O) groups excluding carboxylic acids is 1. The van der Waals surface area contributed by atoms with E-state index in [1.807, 2.05) is 0 Å². The molecule has 0 unspecified atom stereocenters. The largest absolute Gasteiger partial charge is 0.502 e. The van der Waals surface area contributed by atoms with Crippen molar-refractivity contribution in [1.29, 1.82) is 0 Å². The van der Waals surface area contributed by atoms with E-state index in [1.165, 1.54) is 12.1 Å². The number of rotatable bonds is 3. The van der Waals surface area contributed by atoms with Crippen LogP contribution in [0, 0.1) is 21.4 Å². The molecule has 0 aromatic heterocycles. The van der Waals surface area contributed by atoms with Crippen LogP contribution in [0.3, 0.4) is 0 Å². The van der Waals surface area contributed by atoms with Gasteiger partial charge < -0.3 is 14.7 Å². The van der Waals surface area contributed by atoms with Crippen molar-refractivity contribution < 1.29 is 19.6 Å². The maximum absolute atomic E-state index is 12.7. The molecule has 1 heterocycles. The fourth-order valence-electron chi connectivity index (χ4n) is 4.22. The number of nitro groups is 1. The molecule has 0 radical (unpaired) electrons. The van der Waals surface area contributed by atoms with Crippen LogP contribution >= 0.6 is 0 Å². The second kappa shape index (κ2) is 5.19. The molecule has 3 rings (SSSR count). The van der Waals surface area contributed by atoms with Crippen molar-refractivity contribution in [3.8, 4) is 5.75 Å². The van der Waals surface area contributed by atoms with Crippen molar-refractivity contribution in [2.75, 3.05) is 13.7 Å². The zero-order valence-electron chi connectivity index (χ0n) is 13.4. The van der Waals surface area contributed by atoms with Crippen LogP contribution in [0.15, 0.2) is 18.2 Å². The summed E-state index contributed by atoms with van der Waals surface area (Å²) in [5, 5.41) is 20.4. The van der Waals surface area contributed by atoms with Crippen molar-refractivity contribution in [3.63, 3.8) is 0 Å². The SMILES string of the molecule is CN(C(=O)c1ccc(O)c([N+](=O)[O-])c1)[C@@H]1[C@@H]2CCO[C@H]2C1(C)C. The Bertz CT molecular complexity index is 672. The molecule has 1 N–H and O–H groups in total. The van der Waals surface area contributed by atoms with E-state index in [0.29, 0.717) is 12.5 Å². The molecule has 1 aromatic carbocycles. The van der Waals surface area contributed by atoms with E-state index in [4.69, 9.17) is 4.74 Å². The number of hydrogen-bond acceptors (Lipinski definition) is 5. The molecule has 2 fully saturated rings. The van der Waals surface area contributed by atoms with Crippen LogP contribution in [-0.2, 0) is 4.74 Å². The molecule has 1 saturated carbocycles. The Morgan fingerprint density at radius 2 is 2.17 bits per heavy atom. The van der Waals surface area contributed by atoms with E-state index in [9.17, 15) is 20.0 Å². The van der Waals surface area contributed by atoms with Gasteiger partial charge in [0, 0.05) is 42.7 Å². The molecule has 124 valence electrons. The molecule has 1 amide bonds. The van der Waals surface area contributed by atoms with Gasteiger partial charge >= 0.3 is 5.69 Å². The highest BCUT2D eigenvalue weighted by molar-refractivity contribution is 5.95. The Hall–Kier alpha value is -2.15. The van der Waals surface area contributed by atoms with E-state index >= 15 is 0 Å². The number of amides is 1. The number of ether oxygens (including phenoxy) is 1. The van der Waals surface area contributed by atoms with Crippen molar-refractivity contribution in [1.82, 2.24) is 4.90 Å². The lowest BCUT2D eigenvalue weighted by Gasteiger charge is -2.57. The summed E-state index contributed by atoms with van der Waals surface area (Å²) in [6, 6.07) is 3.76. The summed E-state index contributed by atoms with van der Waals surface area (Å²) >= 11 is 0. The lowest BCUT2D eigenvalue weighted by atomic mass is 9.56. The van der Waals surface area contributed by atoms with Gasteiger partial charge in [0.25, 0.3) is 5.91 Å². The highest BCUT2D eigenvalue weighted by Gasteiger charge is 2.61. The quantitative estimate of drug-likeness (QED) is 0.680. The Morgan fingerprint density at radius 1 is 1.48 bits per heavy atom. The summed E-state index contributed by atoms with van der Waals surface area (Å²) in [4.78, 5) is 24.6. The predicted molar refractivity (Wildman–Crippen MR) is 82.3 cm³/mol. The third kappa shape index (κ3) is 2.26. The van der Waals surface area contributed by atoms with Crippen LogP contribution in [-0.4, -0.2) is 46.6 Å². The molecular formula is C16H20N2O5. The normalized spacial score (nSPS) is 27.9. The number of benzene rings is 1. The third-order valence-electron chi connectivity index (χ3n) is 5.20. The molecule has 7 nitrogen and oxygen atoms in total. The number of fused-ring (bicyclic) bond motifs is 1. The Kier molecular flexibility index (Phi) is 3.55. The van der Waals surface area contributed by atoms with Crippen molar-refractivity contribution in [3.05, 3.63) is 33.9 Å². The Morgan fingerprint density at radius 3 is 2.83 bits per heavy atom. The smallest absolute Gasteiger partial charge is 0.311 e. The van der Waals surface area contributed by atoms with Crippen LogP contribution in [0.1, 0.15) is 30.6 Å². The molecule has 1 aliphatic heterocycles. The average molecular weight is 320 g/mol. The van der Waals surface area contributed by atoms with E-state index < -0.39 is 16.4 Å². The van der Waals surface area contributed by atoms with Gasteiger partial charge in [-0.15, -0.1) is 0 Å². The van der Waals surface area contributed by atoms with Gasteiger partial charge in [0.15, 0.2) is 5.75 Å². The molecule has 0 spiro atoms. The fraction of sp³-hybridized carbons (Fsp3) is 0.562. The van der Waals surface area contributed by atoms with Gasteiger partial charge in [-0.2, -0.15) is 0 Å². The summed E-state index contributed by atoms with van der Waals surface area (Å²) in [7, 11) is 1.72. The molecule has 7 heteroatoms. The molecule has 1 saturated heterocycles. The van der Waals surface area contributed by atoms with Gasteiger partial charge in [-0.05, 0) is 18.6 Å². The molecule has 1 aromatic rings. The molecule has 0 bridgehead atoms. The first kappa shape index (κ1) is 15.7.